The van der Waals surface area contributed by atoms with Gasteiger partial charge in [0.25, 0.3) is 0 Å². The van der Waals surface area contributed by atoms with E-state index >= 15 is 0 Å². The maximum Gasteiger partial charge on any atom is 0.140 e. The summed E-state index contributed by atoms with van der Waals surface area (Å²) in [5.41, 5.74) is 4.86. The number of hydrogen-bond acceptors (Lipinski definition) is 6. The zero-order valence-corrected chi connectivity index (χ0v) is 17.4. The number of aromatic nitrogens is 3. The number of nitrogens with zero attached hydrogens (tertiary/aromatic N) is 5. The molecule has 1 fully saturated rings. The van der Waals surface area contributed by atoms with Gasteiger partial charge in [0.1, 0.15) is 17.5 Å². The lowest BCUT2D eigenvalue weighted by molar-refractivity contribution is 0.0881. The topological polar surface area (TPSA) is 87.2 Å². The van der Waals surface area contributed by atoms with Crippen LogP contribution in [0.2, 0.25) is 0 Å². The molecule has 1 saturated heterocycles. The van der Waals surface area contributed by atoms with Crippen LogP contribution in [0.4, 0.5) is 0 Å². The highest BCUT2D eigenvalue weighted by atomic mass is 16.5. The lowest BCUT2D eigenvalue weighted by Gasteiger charge is -2.39. The van der Waals surface area contributed by atoms with Crippen molar-refractivity contribution in [3.63, 3.8) is 0 Å². The van der Waals surface area contributed by atoms with E-state index in [-0.39, 0.29) is 6.04 Å². The van der Waals surface area contributed by atoms with E-state index in [0.29, 0.717) is 17.9 Å². The maximum atomic E-state index is 10.3. The van der Waals surface area contributed by atoms with Gasteiger partial charge in [-0.2, -0.15) is 10.4 Å². The van der Waals surface area contributed by atoms with Gasteiger partial charge in [-0.3, -0.25) is 9.58 Å². The van der Waals surface area contributed by atoms with Gasteiger partial charge in [-0.1, -0.05) is 24.3 Å². The Balaban J connectivity index is 1.54. The molecule has 4 rings (SSSR count). The number of aryl methyl sites for hydroxylation is 1. The Morgan fingerprint density at radius 3 is 2.70 bits per heavy atom. The first-order chi connectivity index (χ1) is 14.5. The third-order valence-electron chi connectivity index (χ3n) is 5.48. The maximum absolute atomic E-state index is 10.3. The molecule has 7 heteroatoms. The summed E-state index contributed by atoms with van der Waals surface area (Å²) in [4.78, 5) is 6.62. The lowest BCUT2D eigenvalue weighted by atomic mass is 10.0. The number of benzene rings is 1. The fourth-order valence-electron chi connectivity index (χ4n) is 3.94. The third-order valence-corrected chi connectivity index (χ3v) is 5.48. The molecule has 1 aliphatic rings. The quantitative estimate of drug-likeness (QED) is 0.680. The number of pyridine rings is 1. The summed E-state index contributed by atoms with van der Waals surface area (Å²) in [6.07, 6.45) is 1.33. The van der Waals surface area contributed by atoms with Crippen molar-refractivity contribution in [3.05, 3.63) is 65.2 Å². The molecule has 154 valence electrons. The second kappa shape index (κ2) is 8.27. The van der Waals surface area contributed by atoms with Crippen molar-refractivity contribution in [3.8, 4) is 22.9 Å². The van der Waals surface area contributed by atoms with Crippen LogP contribution in [-0.4, -0.2) is 45.0 Å². The fourth-order valence-corrected chi connectivity index (χ4v) is 3.94. The van der Waals surface area contributed by atoms with Crippen LogP contribution in [0.25, 0.3) is 11.1 Å². The summed E-state index contributed by atoms with van der Waals surface area (Å²) in [6, 6.07) is 13.8. The molecule has 1 unspecified atom stereocenters. The highest BCUT2D eigenvalue weighted by Crippen LogP contribution is 2.37. The van der Waals surface area contributed by atoms with E-state index in [9.17, 15) is 5.11 Å². The van der Waals surface area contributed by atoms with Crippen LogP contribution in [0.5, 0.6) is 5.75 Å². The van der Waals surface area contributed by atoms with Gasteiger partial charge in [0.15, 0.2) is 0 Å². The van der Waals surface area contributed by atoms with Crippen molar-refractivity contribution in [1.29, 1.82) is 5.26 Å². The van der Waals surface area contributed by atoms with Crippen molar-refractivity contribution in [2.45, 2.75) is 32.5 Å². The minimum Gasteiger partial charge on any atom is -0.496 e. The van der Waals surface area contributed by atoms with Gasteiger partial charge in [-0.25, -0.2) is 4.98 Å². The third kappa shape index (κ3) is 3.80. The molecule has 2 aromatic heterocycles. The Hall–Kier alpha value is -3.21. The number of aliphatic hydroxyl groups is 1. The minimum atomic E-state index is -0.680. The molecule has 0 bridgehead atoms. The summed E-state index contributed by atoms with van der Waals surface area (Å²) in [5, 5.41) is 24.0. The number of hydrogen-bond donors (Lipinski definition) is 1. The van der Waals surface area contributed by atoms with Gasteiger partial charge < -0.3 is 9.84 Å². The number of nitriles is 1. The van der Waals surface area contributed by atoms with Crippen molar-refractivity contribution >= 4 is 0 Å². The number of para-hydroxylation sites is 1. The number of aliphatic hydroxyl groups excluding tert-OH is 1. The second-order valence-electron chi connectivity index (χ2n) is 7.71. The molecule has 30 heavy (non-hydrogen) atoms. The molecule has 0 aliphatic carbocycles. The van der Waals surface area contributed by atoms with Crippen LogP contribution in [-0.2, 0) is 6.54 Å². The van der Waals surface area contributed by atoms with E-state index in [4.69, 9.17) is 15.1 Å². The average Bonchev–Trinajstić information content (AvgIpc) is 3.15. The van der Waals surface area contributed by atoms with Crippen molar-refractivity contribution in [2.75, 3.05) is 20.2 Å². The normalized spacial score (nSPS) is 15.4. The first-order valence-electron chi connectivity index (χ1n) is 9.99. The van der Waals surface area contributed by atoms with Crippen LogP contribution >= 0.6 is 0 Å². The molecule has 0 radical (unpaired) electrons. The highest BCUT2D eigenvalue weighted by molar-refractivity contribution is 5.73. The van der Waals surface area contributed by atoms with E-state index in [1.54, 1.807) is 20.1 Å². The summed E-state index contributed by atoms with van der Waals surface area (Å²) in [5.74, 6) is 0.803. The molecule has 1 N–H and O–H groups in total. The van der Waals surface area contributed by atoms with Crippen LogP contribution in [0.15, 0.2) is 42.6 Å². The van der Waals surface area contributed by atoms with E-state index in [1.807, 2.05) is 48.1 Å². The first kappa shape index (κ1) is 20.1. The first-order valence-corrected chi connectivity index (χ1v) is 9.99. The van der Waals surface area contributed by atoms with E-state index < -0.39 is 6.10 Å². The number of methoxy groups -OCH3 is 1. The minimum absolute atomic E-state index is 0.228. The molecule has 1 aliphatic heterocycles. The van der Waals surface area contributed by atoms with Gasteiger partial charge in [0.2, 0.25) is 0 Å². The molecule has 0 saturated carbocycles. The van der Waals surface area contributed by atoms with E-state index in [0.717, 1.165) is 41.2 Å². The van der Waals surface area contributed by atoms with Gasteiger partial charge in [0, 0.05) is 37.0 Å². The summed E-state index contributed by atoms with van der Waals surface area (Å²) in [7, 11) is 1.66. The standard InChI is InChI=1S/C23H25N5O2/c1-15-6-4-9-20(23(15)30-3)21-14-28(26-22(21)16(2)29)19-12-27(13-19)11-18-8-5-7-17(10-24)25-18/h4-9,14,16,19,29H,11-13H2,1-3H3. The molecule has 1 atom stereocenters. The SMILES string of the molecule is COc1c(C)cccc1-c1cn(C2CN(Cc3cccc(C#N)n3)C2)nc1C(C)O. The molecule has 3 heterocycles. The summed E-state index contributed by atoms with van der Waals surface area (Å²) in [6.45, 7) is 6.12. The van der Waals surface area contributed by atoms with Crippen LogP contribution in [0.1, 0.15) is 41.7 Å². The summed E-state index contributed by atoms with van der Waals surface area (Å²) >= 11 is 0. The largest absolute Gasteiger partial charge is 0.496 e. The molecular formula is C23H25N5O2. The molecule has 7 nitrogen and oxygen atoms in total. The van der Waals surface area contributed by atoms with Gasteiger partial charge in [-0.15, -0.1) is 0 Å². The Morgan fingerprint density at radius 2 is 2.00 bits per heavy atom. The summed E-state index contributed by atoms with van der Waals surface area (Å²) < 4.78 is 7.57. The average molecular weight is 403 g/mol. The molecular weight excluding hydrogens is 378 g/mol. The van der Waals surface area contributed by atoms with Crippen LogP contribution in [0.3, 0.4) is 0 Å². The Labute approximate surface area is 176 Å². The lowest BCUT2D eigenvalue weighted by Crippen LogP contribution is -2.47. The Morgan fingerprint density at radius 1 is 1.23 bits per heavy atom. The number of likely N-dealkylation sites (tertiary alicyclic amines) is 1. The Kier molecular flexibility index (Phi) is 5.53. The number of rotatable bonds is 6. The van der Waals surface area contributed by atoms with E-state index in [2.05, 4.69) is 16.0 Å². The zero-order valence-electron chi connectivity index (χ0n) is 17.4. The van der Waals surface area contributed by atoms with Crippen LogP contribution < -0.4 is 4.74 Å². The van der Waals surface area contributed by atoms with Crippen molar-refractivity contribution in [1.82, 2.24) is 19.7 Å². The number of ether oxygens (including phenoxy) is 1. The second-order valence-corrected chi connectivity index (χ2v) is 7.71. The molecule has 0 spiro atoms. The predicted octanol–water partition coefficient (Wildman–Crippen LogP) is 3.24. The molecule has 3 aromatic rings. The monoisotopic (exact) mass is 403 g/mol. The van der Waals surface area contributed by atoms with Gasteiger partial charge in [-0.05, 0) is 31.5 Å². The highest BCUT2D eigenvalue weighted by Gasteiger charge is 2.31. The predicted molar refractivity (Wildman–Crippen MR) is 113 cm³/mol. The van der Waals surface area contributed by atoms with Crippen molar-refractivity contribution in [2.24, 2.45) is 0 Å². The van der Waals surface area contributed by atoms with E-state index in [1.165, 1.54) is 0 Å². The van der Waals surface area contributed by atoms with Gasteiger partial charge in [0.05, 0.1) is 30.6 Å². The Bertz CT molecular complexity index is 1090. The zero-order chi connectivity index (χ0) is 21.3. The molecule has 1 aromatic carbocycles. The van der Waals surface area contributed by atoms with Gasteiger partial charge >= 0.3 is 0 Å². The molecule has 0 amide bonds. The smallest absolute Gasteiger partial charge is 0.140 e. The van der Waals surface area contributed by atoms with Crippen LogP contribution in [0, 0.1) is 18.3 Å². The fraction of sp³-hybridized carbons (Fsp3) is 0.348. The van der Waals surface area contributed by atoms with Crippen molar-refractivity contribution < 1.29 is 9.84 Å².